The second-order valence-corrected chi connectivity index (χ2v) is 3.55. The van der Waals surface area contributed by atoms with Crippen molar-refractivity contribution < 1.29 is 0 Å². The van der Waals surface area contributed by atoms with Crippen LogP contribution in [-0.2, 0) is 20.0 Å². The molecule has 0 aliphatic carbocycles. The molecule has 2 heterocycles. The molecule has 0 N–H and O–H groups in total. The second kappa shape index (κ2) is 3.84. The highest BCUT2D eigenvalue weighted by atomic mass is 15.5. The molecule has 0 aliphatic heterocycles. The Labute approximate surface area is 88.7 Å². The molecule has 0 spiro atoms. The van der Waals surface area contributed by atoms with Crippen LogP contribution in [0.3, 0.4) is 0 Å². The molecule has 0 radical (unpaired) electrons. The Morgan fingerprint density at radius 2 is 1.93 bits per heavy atom. The molecule has 2 aromatic rings. The average molecular weight is 205 g/mol. The van der Waals surface area contributed by atoms with Crippen LogP contribution in [-0.4, -0.2) is 24.8 Å². The fourth-order valence-corrected chi connectivity index (χ4v) is 1.68. The van der Waals surface area contributed by atoms with Gasteiger partial charge >= 0.3 is 0 Å². The molecule has 2 aromatic heterocycles. The summed E-state index contributed by atoms with van der Waals surface area (Å²) in [5.41, 5.74) is 3.55. The number of hydrogen-bond acceptors (Lipinski definition) is 3. The highest BCUT2D eigenvalue weighted by Gasteiger charge is 2.12. The van der Waals surface area contributed by atoms with Gasteiger partial charge in [-0.15, -0.1) is 0 Å². The second-order valence-electron chi connectivity index (χ2n) is 3.55. The third kappa shape index (κ3) is 1.77. The molecular formula is C10H15N5. The zero-order valence-electron chi connectivity index (χ0n) is 9.30. The SMILES string of the molecule is CCc1nn(C)c(C)c1Cn1nccn1. The third-order valence-electron chi connectivity index (χ3n) is 2.64. The van der Waals surface area contributed by atoms with Gasteiger partial charge in [0, 0.05) is 18.3 Å². The average Bonchev–Trinajstić information content (AvgIpc) is 2.82. The summed E-state index contributed by atoms with van der Waals surface area (Å²) in [6, 6.07) is 0. The summed E-state index contributed by atoms with van der Waals surface area (Å²) in [4.78, 5) is 1.68. The summed E-state index contributed by atoms with van der Waals surface area (Å²) in [5.74, 6) is 0. The first-order valence-electron chi connectivity index (χ1n) is 5.07. The molecular weight excluding hydrogens is 190 g/mol. The van der Waals surface area contributed by atoms with Crippen molar-refractivity contribution in [1.82, 2.24) is 24.8 Å². The number of hydrogen-bond donors (Lipinski definition) is 0. The quantitative estimate of drug-likeness (QED) is 0.749. The van der Waals surface area contributed by atoms with Crippen LogP contribution in [0.5, 0.6) is 0 Å². The van der Waals surface area contributed by atoms with Crippen molar-refractivity contribution in [1.29, 1.82) is 0 Å². The van der Waals surface area contributed by atoms with Crippen molar-refractivity contribution in [3.63, 3.8) is 0 Å². The zero-order valence-corrected chi connectivity index (χ0v) is 9.30. The van der Waals surface area contributed by atoms with Gasteiger partial charge in [0.05, 0.1) is 24.6 Å². The lowest BCUT2D eigenvalue weighted by Crippen LogP contribution is -2.06. The van der Waals surface area contributed by atoms with Gasteiger partial charge in [-0.1, -0.05) is 6.92 Å². The Hall–Kier alpha value is -1.65. The third-order valence-corrected chi connectivity index (χ3v) is 2.64. The Bertz CT molecular complexity index is 441. The van der Waals surface area contributed by atoms with Crippen molar-refractivity contribution in [2.45, 2.75) is 26.8 Å². The van der Waals surface area contributed by atoms with Gasteiger partial charge in [0.15, 0.2) is 0 Å². The summed E-state index contributed by atoms with van der Waals surface area (Å²) < 4.78 is 1.91. The zero-order chi connectivity index (χ0) is 10.8. The van der Waals surface area contributed by atoms with E-state index in [1.807, 2.05) is 11.7 Å². The molecule has 5 nitrogen and oxygen atoms in total. The van der Waals surface area contributed by atoms with Crippen molar-refractivity contribution in [3.05, 3.63) is 29.3 Å². The number of nitrogens with zero attached hydrogens (tertiary/aromatic N) is 5. The first kappa shape index (κ1) is 9.89. The number of rotatable bonds is 3. The van der Waals surface area contributed by atoms with Crippen LogP contribution >= 0.6 is 0 Å². The summed E-state index contributed by atoms with van der Waals surface area (Å²) >= 11 is 0. The minimum atomic E-state index is 0.704. The van der Waals surface area contributed by atoms with Crippen molar-refractivity contribution in [2.24, 2.45) is 7.05 Å². The van der Waals surface area contributed by atoms with Crippen LogP contribution in [0.1, 0.15) is 23.9 Å². The van der Waals surface area contributed by atoms with Crippen molar-refractivity contribution >= 4 is 0 Å². The van der Waals surface area contributed by atoms with E-state index in [0.717, 1.165) is 12.1 Å². The fraction of sp³-hybridized carbons (Fsp3) is 0.500. The van der Waals surface area contributed by atoms with E-state index >= 15 is 0 Å². The van der Waals surface area contributed by atoms with Gasteiger partial charge in [0.25, 0.3) is 0 Å². The minimum absolute atomic E-state index is 0.704. The summed E-state index contributed by atoms with van der Waals surface area (Å²) in [6.45, 7) is 4.89. The van der Waals surface area contributed by atoms with Crippen molar-refractivity contribution in [3.8, 4) is 0 Å². The van der Waals surface area contributed by atoms with Gasteiger partial charge < -0.3 is 0 Å². The molecule has 0 unspecified atom stereocenters. The monoisotopic (exact) mass is 205 g/mol. The van der Waals surface area contributed by atoms with E-state index in [9.17, 15) is 0 Å². The fourth-order valence-electron chi connectivity index (χ4n) is 1.68. The molecule has 0 amide bonds. The van der Waals surface area contributed by atoms with Crippen LogP contribution in [0, 0.1) is 6.92 Å². The largest absolute Gasteiger partial charge is 0.272 e. The maximum absolute atomic E-state index is 4.46. The summed E-state index contributed by atoms with van der Waals surface area (Å²) in [6.07, 6.45) is 4.33. The van der Waals surface area contributed by atoms with Gasteiger partial charge in [0.1, 0.15) is 0 Å². The van der Waals surface area contributed by atoms with Crippen LogP contribution < -0.4 is 0 Å². The predicted octanol–water partition coefficient (Wildman–Crippen LogP) is 0.931. The van der Waals surface area contributed by atoms with E-state index < -0.39 is 0 Å². The molecule has 0 aromatic carbocycles. The Morgan fingerprint density at radius 3 is 2.53 bits per heavy atom. The van der Waals surface area contributed by atoms with Gasteiger partial charge in [0.2, 0.25) is 0 Å². The van der Waals surface area contributed by atoms with Crippen molar-refractivity contribution in [2.75, 3.05) is 0 Å². The molecule has 80 valence electrons. The van der Waals surface area contributed by atoms with Gasteiger partial charge in [-0.3, -0.25) is 4.68 Å². The topological polar surface area (TPSA) is 48.5 Å². The lowest BCUT2D eigenvalue weighted by atomic mass is 10.1. The van der Waals surface area contributed by atoms with E-state index in [2.05, 4.69) is 29.1 Å². The molecule has 2 rings (SSSR count). The van der Waals surface area contributed by atoms with Crippen LogP contribution in [0.25, 0.3) is 0 Å². The van der Waals surface area contributed by atoms with E-state index in [-0.39, 0.29) is 0 Å². The molecule has 0 aliphatic rings. The lowest BCUT2D eigenvalue weighted by molar-refractivity contribution is 0.586. The Morgan fingerprint density at radius 1 is 1.27 bits per heavy atom. The van der Waals surface area contributed by atoms with E-state index in [0.29, 0.717) is 6.54 Å². The normalized spacial score (nSPS) is 10.9. The van der Waals surface area contributed by atoms with E-state index in [1.165, 1.54) is 11.3 Å². The molecule has 0 atom stereocenters. The smallest absolute Gasteiger partial charge is 0.0893 e. The molecule has 15 heavy (non-hydrogen) atoms. The number of aromatic nitrogens is 5. The highest BCUT2D eigenvalue weighted by molar-refractivity contribution is 5.25. The molecule has 5 heteroatoms. The first-order valence-corrected chi connectivity index (χ1v) is 5.07. The number of aryl methyl sites for hydroxylation is 2. The standard InChI is InChI=1S/C10H15N5/c1-4-10-9(8(2)14(3)13-10)7-15-11-5-6-12-15/h5-6H,4,7H2,1-3H3. The van der Waals surface area contributed by atoms with E-state index in [1.54, 1.807) is 17.2 Å². The predicted molar refractivity (Wildman–Crippen MR) is 56.4 cm³/mol. The van der Waals surface area contributed by atoms with Crippen LogP contribution in [0.4, 0.5) is 0 Å². The lowest BCUT2D eigenvalue weighted by Gasteiger charge is -2.01. The van der Waals surface area contributed by atoms with Gasteiger partial charge in [-0.2, -0.15) is 20.1 Å². The summed E-state index contributed by atoms with van der Waals surface area (Å²) in [7, 11) is 1.97. The van der Waals surface area contributed by atoms with Crippen LogP contribution in [0.2, 0.25) is 0 Å². The molecule has 0 saturated carbocycles. The van der Waals surface area contributed by atoms with E-state index in [4.69, 9.17) is 0 Å². The Kier molecular flexibility index (Phi) is 2.53. The van der Waals surface area contributed by atoms with Gasteiger partial charge in [-0.25, -0.2) is 0 Å². The Balaban J connectivity index is 2.34. The summed E-state index contributed by atoms with van der Waals surface area (Å²) in [5, 5.41) is 12.7. The first-order chi connectivity index (χ1) is 7.22. The maximum Gasteiger partial charge on any atom is 0.0893 e. The minimum Gasteiger partial charge on any atom is -0.272 e. The molecule has 0 bridgehead atoms. The molecule has 0 saturated heterocycles. The molecule has 0 fully saturated rings. The van der Waals surface area contributed by atoms with Gasteiger partial charge in [-0.05, 0) is 13.3 Å². The maximum atomic E-state index is 4.46. The highest BCUT2D eigenvalue weighted by Crippen LogP contribution is 2.14. The van der Waals surface area contributed by atoms with Crippen LogP contribution in [0.15, 0.2) is 12.4 Å².